The summed E-state index contributed by atoms with van der Waals surface area (Å²) in [5.74, 6) is 0.593. The molecule has 0 bridgehead atoms. The number of alkyl halides is 3. The first-order chi connectivity index (χ1) is 21.4. The van der Waals surface area contributed by atoms with E-state index in [9.17, 15) is 29.0 Å². The van der Waals surface area contributed by atoms with Crippen molar-refractivity contribution >= 4 is 22.3 Å². The minimum absolute atomic E-state index is 0.000398. The number of aromatic nitrogens is 4. The minimum atomic E-state index is -4.49. The van der Waals surface area contributed by atoms with Gasteiger partial charge in [0.2, 0.25) is 0 Å². The number of anilines is 2. The molecule has 9 nitrogen and oxygen atoms in total. The fraction of sp³-hybridized carbons (Fsp3) is 0.394. The molecular formula is C33H30F3N9. The molecule has 2 heterocycles. The third-order valence-electron chi connectivity index (χ3n) is 9.17. The Balaban J connectivity index is 1.46. The largest absolute Gasteiger partial charge is 0.395 e. The van der Waals surface area contributed by atoms with E-state index in [4.69, 9.17) is 0 Å². The number of nitrogens with zero attached hydrogens (tertiary/aromatic N) is 7. The Hall–Kier alpha value is -5.15. The van der Waals surface area contributed by atoms with Gasteiger partial charge in [0.05, 0.1) is 57.2 Å². The van der Waals surface area contributed by atoms with Gasteiger partial charge in [0, 0.05) is 23.8 Å². The van der Waals surface area contributed by atoms with Crippen molar-refractivity contribution in [2.75, 3.05) is 17.2 Å². The molecule has 2 N–H and O–H groups in total. The normalized spacial score (nSPS) is 16.3. The fourth-order valence-electron chi connectivity index (χ4n) is 5.92. The summed E-state index contributed by atoms with van der Waals surface area (Å²) in [4.78, 5) is 4.31. The maximum Gasteiger partial charge on any atom is 0.395 e. The van der Waals surface area contributed by atoms with E-state index < -0.39 is 24.2 Å². The van der Waals surface area contributed by atoms with Crippen molar-refractivity contribution in [3.63, 3.8) is 0 Å². The molecule has 1 atom stereocenters. The lowest BCUT2D eigenvalue weighted by molar-refractivity contribution is -0.206. The van der Waals surface area contributed by atoms with Crippen molar-refractivity contribution in [3.05, 3.63) is 76.2 Å². The highest BCUT2D eigenvalue weighted by Crippen LogP contribution is 2.59. The zero-order chi connectivity index (χ0) is 32.1. The number of hydrogen-bond acceptors (Lipinski definition) is 8. The second-order valence-electron chi connectivity index (χ2n) is 12.6. The third kappa shape index (κ3) is 5.29. The molecule has 2 aromatic carbocycles. The van der Waals surface area contributed by atoms with E-state index in [-0.39, 0.29) is 27.9 Å². The second kappa shape index (κ2) is 10.8. The Labute approximate surface area is 258 Å². The van der Waals surface area contributed by atoms with Crippen molar-refractivity contribution in [2.45, 2.75) is 64.2 Å². The van der Waals surface area contributed by atoms with Crippen LogP contribution in [0.25, 0.3) is 10.9 Å². The maximum absolute atomic E-state index is 13.7. The van der Waals surface area contributed by atoms with Crippen molar-refractivity contribution in [2.24, 2.45) is 11.3 Å². The van der Waals surface area contributed by atoms with Gasteiger partial charge in [-0.1, -0.05) is 17.3 Å². The first-order valence-corrected chi connectivity index (χ1v) is 14.7. The van der Waals surface area contributed by atoms with E-state index in [2.05, 4.69) is 38.1 Å². The summed E-state index contributed by atoms with van der Waals surface area (Å²) in [6.45, 7) is 3.51. The Morgan fingerprint density at radius 3 is 2.38 bits per heavy atom. The molecule has 45 heavy (non-hydrogen) atoms. The quantitative estimate of drug-likeness (QED) is 0.210. The van der Waals surface area contributed by atoms with Gasteiger partial charge in [0.25, 0.3) is 0 Å². The number of rotatable bonds is 9. The van der Waals surface area contributed by atoms with Crippen LogP contribution in [0.1, 0.15) is 79.1 Å². The van der Waals surface area contributed by atoms with Gasteiger partial charge in [-0.25, -0.2) is 4.68 Å². The highest BCUT2D eigenvalue weighted by atomic mass is 19.4. The van der Waals surface area contributed by atoms with Gasteiger partial charge in [-0.3, -0.25) is 4.98 Å². The lowest BCUT2D eigenvalue weighted by Gasteiger charge is -2.28. The van der Waals surface area contributed by atoms with Crippen LogP contribution in [-0.4, -0.2) is 32.7 Å². The molecule has 2 aliphatic rings. The van der Waals surface area contributed by atoms with Crippen LogP contribution in [0.3, 0.4) is 0 Å². The highest BCUT2D eigenvalue weighted by molar-refractivity contribution is 5.99. The Kier molecular flexibility index (Phi) is 7.16. The molecule has 0 amide bonds. The van der Waals surface area contributed by atoms with Crippen LogP contribution in [0, 0.1) is 52.2 Å². The molecule has 2 saturated carbocycles. The monoisotopic (exact) mass is 609 g/mol. The number of nitrogens with one attached hydrogen (secondary N) is 2. The minimum Gasteiger partial charge on any atom is -0.382 e. The summed E-state index contributed by atoms with van der Waals surface area (Å²) in [7, 11) is 0. The average Bonchev–Trinajstić information content (AvgIpc) is 3.95. The standard InChI is InChI=1S/C33H30F3N9/c1-19-20(13-37)5-4-6-25(19)30(27-17-45(44-43-27)32(9-10-32)23-7-8-23)42-24-11-21(14-38)28-26(12-24)29(22(15-39)16-40-28)41-18-31(2,3)33(34,35)36/h4-6,11-12,16-17,23,30,42H,7-10,18H2,1-3H3,(H,40,41)/t30-/m0/s1. The molecule has 12 heteroatoms. The van der Waals surface area contributed by atoms with Crippen LogP contribution >= 0.6 is 0 Å². The topological polar surface area (TPSA) is 139 Å². The zero-order valence-electron chi connectivity index (χ0n) is 25.0. The summed E-state index contributed by atoms with van der Waals surface area (Å²) in [5, 5.41) is 45.3. The number of halogens is 3. The zero-order valence-corrected chi connectivity index (χ0v) is 25.0. The third-order valence-corrected chi connectivity index (χ3v) is 9.17. The van der Waals surface area contributed by atoms with E-state index in [0.29, 0.717) is 28.2 Å². The van der Waals surface area contributed by atoms with Gasteiger partial charge in [-0.15, -0.1) is 5.10 Å². The van der Waals surface area contributed by atoms with E-state index >= 15 is 0 Å². The van der Waals surface area contributed by atoms with Gasteiger partial charge in [0.15, 0.2) is 0 Å². The molecule has 228 valence electrons. The molecule has 0 radical (unpaired) electrons. The summed E-state index contributed by atoms with van der Waals surface area (Å²) in [6, 6.07) is 14.5. The lowest BCUT2D eigenvalue weighted by atomic mass is 9.92. The predicted octanol–water partition coefficient (Wildman–Crippen LogP) is 6.85. The molecule has 2 aliphatic carbocycles. The number of hydrogen-bond donors (Lipinski definition) is 2. The smallest absolute Gasteiger partial charge is 0.382 e. The van der Waals surface area contributed by atoms with Gasteiger partial charge < -0.3 is 10.6 Å². The molecule has 0 saturated heterocycles. The molecular weight excluding hydrogens is 579 g/mol. The lowest BCUT2D eigenvalue weighted by Crippen LogP contribution is -2.38. The van der Waals surface area contributed by atoms with E-state index in [1.165, 1.54) is 19.0 Å². The van der Waals surface area contributed by atoms with E-state index in [1.807, 2.05) is 29.9 Å². The Bertz CT molecular complexity index is 1930. The molecule has 0 spiro atoms. The van der Waals surface area contributed by atoms with Crippen LogP contribution in [0.5, 0.6) is 0 Å². The predicted molar refractivity (Wildman–Crippen MR) is 161 cm³/mol. The molecule has 2 fully saturated rings. The number of fused-ring (bicyclic) bond motifs is 1. The first-order valence-electron chi connectivity index (χ1n) is 14.7. The maximum atomic E-state index is 13.7. The average molecular weight is 610 g/mol. The van der Waals surface area contributed by atoms with Crippen molar-refractivity contribution < 1.29 is 13.2 Å². The van der Waals surface area contributed by atoms with Crippen LogP contribution in [0.2, 0.25) is 0 Å². The van der Waals surface area contributed by atoms with Gasteiger partial charge in [-0.2, -0.15) is 29.0 Å². The number of benzene rings is 2. The van der Waals surface area contributed by atoms with Crippen molar-refractivity contribution in [3.8, 4) is 18.2 Å². The highest BCUT2D eigenvalue weighted by Gasteiger charge is 2.56. The second-order valence-corrected chi connectivity index (χ2v) is 12.6. The fourth-order valence-corrected chi connectivity index (χ4v) is 5.92. The van der Waals surface area contributed by atoms with E-state index in [1.54, 1.807) is 24.3 Å². The summed E-state index contributed by atoms with van der Waals surface area (Å²) in [6.07, 6.45) is 3.14. The van der Waals surface area contributed by atoms with Gasteiger partial charge in [0.1, 0.15) is 17.8 Å². The van der Waals surface area contributed by atoms with Gasteiger partial charge in [-0.05, 0) is 81.7 Å². The molecule has 4 aromatic rings. The summed E-state index contributed by atoms with van der Waals surface area (Å²) >= 11 is 0. The Morgan fingerprint density at radius 2 is 1.76 bits per heavy atom. The summed E-state index contributed by atoms with van der Waals surface area (Å²) in [5.41, 5.74) is 1.65. The molecule has 6 rings (SSSR count). The molecule has 2 aromatic heterocycles. The number of nitriles is 3. The van der Waals surface area contributed by atoms with Crippen LogP contribution in [-0.2, 0) is 5.54 Å². The van der Waals surface area contributed by atoms with Crippen LogP contribution in [0.4, 0.5) is 24.5 Å². The number of pyridine rings is 1. The van der Waals surface area contributed by atoms with Crippen LogP contribution in [0.15, 0.2) is 42.7 Å². The molecule has 0 aliphatic heterocycles. The first kappa shape index (κ1) is 29.9. The van der Waals surface area contributed by atoms with E-state index in [0.717, 1.165) is 37.8 Å². The SMILES string of the molecule is Cc1c(C#N)cccc1[C@H](Nc1cc(C#N)c2ncc(C#N)c(NCC(C)(C)C(F)(F)F)c2c1)c1cn(C2(C3CC3)CC2)nn1. The Morgan fingerprint density at radius 1 is 1.04 bits per heavy atom. The molecule has 0 unspecified atom stereocenters. The van der Waals surface area contributed by atoms with Crippen molar-refractivity contribution in [1.29, 1.82) is 15.8 Å². The van der Waals surface area contributed by atoms with Crippen LogP contribution < -0.4 is 10.6 Å². The summed E-state index contributed by atoms with van der Waals surface area (Å²) < 4.78 is 43.0. The van der Waals surface area contributed by atoms with Gasteiger partial charge >= 0.3 is 6.18 Å². The van der Waals surface area contributed by atoms with Crippen molar-refractivity contribution in [1.82, 2.24) is 20.0 Å².